The summed E-state index contributed by atoms with van der Waals surface area (Å²) in [4.78, 5) is 12.3. The summed E-state index contributed by atoms with van der Waals surface area (Å²) >= 11 is 6.10. The van der Waals surface area contributed by atoms with Crippen LogP contribution in [0.3, 0.4) is 0 Å². The van der Waals surface area contributed by atoms with Gasteiger partial charge in [0.25, 0.3) is 0 Å². The van der Waals surface area contributed by atoms with Crippen LogP contribution in [0.2, 0.25) is 5.02 Å². The summed E-state index contributed by atoms with van der Waals surface area (Å²) in [6.45, 7) is 1.92. The van der Waals surface area contributed by atoms with Crippen LogP contribution < -0.4 is 10.4 Å². The van der Waals surface area contributed by atoms with Gasteiger partial charge in [-0.15, -0.1) is 0 Å². The number of hydrogen-bond acceptors (Lipinski definition) is 3. The minimum atomic E-state index is -0.400. The molecule has 3 aromatic rings. The van der Waals surface area contributed by atoms with Gasteiger partial charge in [-0.3, -0.25) is 0 Å². The van der Waals surface area contributed by atoms with Gasteiger partial charge in [0.15, 0.2) is 0 Å². The first-order chi connectivity index (χ1) is 12.5. The highest BCUT2D eigenvalue weighted by atomic mass is 35.5. The van der Waals surface area contributed by atoms with E-state index in [1.165, 1.54) is 6.07 Å². The van der Waals surface area contributed by atoms with Gasteiger partial charge in [0, 0.05) is 11.1 Å². The fourth-order valence-corrected chi connectivity index (χ4v) is 3.82. The molecule has 0 fully saturated rings. The molecule has 0 amide bonds. The predicted octanol–water partition coefficient (Wildman–Crippen LogP) is 5.35. The van der Waals surface area contributed by atoms with Crippen LogP contribution in [-0.2, 0) is 19.4 Å². The van der Waals surface area contributed by atoms with Gasteiger partial charge < -0.3 is 9.15 Å². The van der Waals surface area contributed by atoms with E-state index in [9.17, 15) is 9.18 Å². The molecule has 0 aliphatic heterocycles. The molecular formula is C21H18ClFO3. The topological polar surface area (TPSA) is 39.4 Å². The highest BCUT2D eigenvalue weighted by molar-refractivity contribution is 6.31. The van der Waals surface area contributed by atoms with Crippen molar-refractivity contribution >= 4 is 22.6 Å². The van der Waals surface area contributed by atoms with Crippen LogP contribution in [0.15, 0.2) is 39.5 Å². The smallest absolute Gasteiger partial charge is 0.339 e. The Kier molecular flexibility index (Phi) is 4.45. The van der Waals surface area contributed by atoms with Gasteiger partial charge in [-0.25, -0.2) is 9.18 Å². The second-order valence-electron chi connectivity index (χ2n) is 6.68. The summed E-state index contributed by atoms with van der Waals surface area (Å²) in [7, 11) is 0. The first kappa shape index (κ1) is 17.1. The molecule has 0 saturated heterocycles. The predicted molar refractivity (Wildman–Crippen MR) is 99.6 cm³/mol. The van der Waals surface area contributed by atoms with Crippen molar-refractivity contribution in [2.75, 3.05) is 0 Å². The maximum atomic E-state index is 14.0. The second kappa shape index (κ2) is 6.76. The maximum absolute atomic E-state index is 14.0. The molecule has 0 saturated carbocycles. The zero-order chi connectivity index (χ0) is 18.3. The number of benzene rings is 2. The Morgan fingerprint density at radius 3 is 2.73 bits per heavy atom. The largest absolute Gasteiger partial charge is 0.488 e. The Morgan fingerprint density at radius 1 is 1.19 bits per heavy atom. The van der Waals surface area contributed by atoms with Crippen LogP contribution in [0.4, 0.5) is 4.39 Å². The summed E-state index contributed by atoms with van der Waals surface area (Å²) in [6.07, 6.45) is 3.55. The molecule has 1 aliphatic rings. The van der Waals surface area contributed by atoms with Crippen molar-refractivity contribution in [3.8, 4) is 5.75 Å². The molecule has 1 aliphatic carbocycles. The molecule has 0 bridgehead atoms. The third kappa shape index (κ3) is 2.99. The third-order valence-electron chi connectivity index (χ3n) is 4.86. The number of halogens is 2. The summed E-state index contributed by atoms with van der Waals surface area (Å²) in [5.41, 5.74) is 3.21. The molecule has 0 N–H and O–H groups in total. The highest BCUT2D eigenvalue weighted by Gasteiger charge is 2.21. The molecule has 1 heterocycles. The third-order valence-corrected chi connectivity index (χ3v) is 5.22. The Morgan fingerprint density at radius 2 is 1.96 bits per heavy atom. The molecule has 0 unspecified atom stereocenters. The molecule has 0 radical (unpaired) electrons. The maximum Gasteiger partial charge on any atom is 0.339 e. The zero-order valence-electron chi connectivity index (χ0n) is 14.4. The lowest BCUT2D eigenvalue weighted by Crippen LogP contribution is -2.16. The standard InChI is InChI=1S/C21H18ClFO3/c1-12-9-18(25-11-15-16(22)7-4-8-17(15)23)20-13-5-2-3-6-14(13)21(24)26-19(20)10-12/h4,7-10H,2-3,5-6,11H2,1H3. The first-order valence-corrected chi connectivity index (χ1v) is 9.07. The monoisotopic (exact) mass is 372 g/mol. The number of aryl methyl sites for hydroxylation is 2. The van der Waals surface area contributed by atoms with Crippen LogP contribution in [0.1, 0.15) is 35.1 Å². The Bertz CT molecular complexity index is 1040. The van der Waals surface area contributed by atoms with Crippen LogP contribution in [0.5, 0.6) is 5.75 Å². The van der Waals surface area contributed by atoms with Crippen molar-refractivity contribution in [2.24, 2.45) is 0 Å². The van der Waals surface area contributed by atoms with E-state index in [4.69, 9.17) is 20.8 Å². The van der Waals surface area contributed by atoms with E-state index >= 15 is 0 Å². The molecule has 2 aromatic carbocycles. The Hall–Kier alpha value is -2.33. The summed E-state index contributed by atoms with van der Waals surface area (Å²) in [5.74, 6) is 0.198. The van der Waals surface area contributed by atoms with Gasteiger partial charge in [-0.05, 0) is 68.0 Å². The highest BCUT2D eigenvalue weighted by Crippen LogP contribution is 2.35. The average molecular weight is 373 g/mol. The van der Waals surface area contributed by atoms with Gasteiger partial charge in [0.1, 0.15) is 23.8 Å². The Labute approximate surface area is 155 Å². The molecule has 0 atom stereocenters. The van der Waals surface area contributed by atoms with Crippen molar-refractivity contribution in [1.29, 1.82) is 0 Å². The molecule has 3 nitrogen and oxygen atoms in total. The second-order valence-corrected chi connectivity index (χ2v) is 7.09. The van der Waals surface area contributed by atoms with Crippen LogP contribution >= 0.6 is 11.6 Å². The van der Waals surface area contributed by atoms with Crippen molar-refractivity contribution in [1.82, 2.24) is 0 Å². The van der Waals surface area contributed by atoms with E-state index in [1.54, 1.807) is 12.1 Å². The van der Waals surface area contributed by atoms with E-state index in [0.29, 0.717) is 21.9 Å². The molecule has 0 spiro atoms. The molecule has 5 heteroatoms. The van der Waals surface area contributed by atoms with Crippen LogP contribution in [0, 0.1) is 12.7 Å². The minimum Gasteiger partial charge on any atom is -0.488 e. The molecule has 26 heavy (non-hydrogen) atoms. The molecule has 1 aromatic heterocycles. The fourth-order valence-electron chi connectivity index (χ4n) is 3.60. The van der Waals surface area contributed by atoms with Gasteiger partial charge in [-0.2, -0.15) is 0 Å². The lowest BCUT2D eigenvalue weighted by molar-refractivity contribution is 0.302. The van der Waals surface area contributed by atoms with Crippen molar-refractivity contribution in [2.45, 2.75) is 39.2 Å². The molecule has 134 valence electrons. The number of hydrogen-bond donors (Lipinski definition) is 0. The number of ether oxygens (including phenoxy) is 1. The van der Waals surface area contributed by atoms with Gasteiger partial charge in [-0.1, -0.05) is 17.7 Å². The van der Waals surface area contributed by atoms with E-state index in [2.05, 4.69) is 0 Å². The SMILES string of the molecule is Cc1cc(OCc2c(F)cccc2Cl)c2c3c(c(=O)oc2c1)CCCC3. The average Bonchev–Trinajstić information content (AvgIpc) is 2.61. The van der Waals surface area contributed by atoms with E-state index in [0.717, 1.165) is 47.8 Å². The molecule has 4 rings (SSSR count). The van der Waals surface area contributed by atoms with Gasteiger partial charge in [0.05, 0.1) is 10.4 Å². The van der Waals surface area contributed by atoms with E-state index in [-0.39, 0.29) is 12.2 Å². The fraction of sp³-hybridized carbons (Fsp3) is 0.286. The summed E-state index contributed by atoms with van der Waals surface area (Å²) in [5, 5.41) is 1.15. The van der Waals surface area contributed by atoms with Crippen LogP contribution in [0.25, 0.3) is 11.0 Å². The van der Waals surface area contributed by atoms with Crippen molar-refractivity contribution in [3.05, 3.63) is 73.8 Å². The minimum absolute atomic E-state index is 0.0119. The molecular weight excluding hydrogens is 355 g/mol. The first-order valence-electron chi connectivity index (χ1n) is 8.69. The summed E-state index contributed by atoms with van der Waals surface area (Å²) < 4.78 is 25.6. The lowest BCUT2D eigenvalue weighted by Gasteiger charge is -2.19. The van der Waals surface area contributed by atoms with Crippen molar-refractivity contribution in [3.63, 3.8) is 0 Å². The van der Waals surface area contributed by atoms with Crippen molar-refractivity contribution < 1.29 is 13.5 Å². The van der Waals surface area contributed by atoms with Gasteiger partial charge in [0.2, 0.25) is 0 Å². The van der Waals surface area contributed by atoms with E-state index in [1.807, 2.05) is 19.1 Å². The lowest BCUT2D eigenvalue weighted by atomic mass is 9.90. The zero-order valence-corrected chi connectivity index (χ0v) is 15.2. The number of fused-ring (bicyclic) bond motifs is 3. The quantitative estimate of drug-likeness (QED) is 0.581. The number of rotatable bonds is 3. The normalized spacial score (nSPS) is 13.7. The van der Waals surface area contributed by atoms with Gasteiger partial charge >= 0.3 is 5.63 Å². The van der Waals surface area contributed by atoms with E-state index < -0.39 is 5.82 Å². The Balaban J connectivity index is 1.83. The van der Waals surface area contributed by atoms with Crippen LogP contribution in [-0.4, -0.2) is 0 Å². The summed E-state index contributed by atoms with van der Waals surface area (Å²) in [6, 6.07) is 8.30.